The van der Waals surface area contributed by atoms with Crippen molar-refractivity contribution in [2.45, 2.75) is 6.92 Å². The van der Waals surface area contributed by atoms with Gasteiger partial charge in [0.05, 0.1) is 19.1 Å². The van der Waals surface area contributed by atoms with Gasteiger partial charge in [-0.2, -0.15) is 9.78 Å². The van der Waals surface area contributed by atoms with Crippen LogP contribution in [-0.2, 0) is 4.74 Å². The maximum absolute atomic E-state index is 11.7. The highest BCUT2D eigenvalue weighted by Gasteiger charge is 2.19. The molecule has 0 radical (unpaired) electrons. The molecule has 0 saturated carbocycles. The van der Waals surface area contributed by atoms with Crippen molar-refractivity contribution in [3.63, 3.8) is 0 Å². The number of carbonyl (C=O) groups excluding carboxylic acids is 1. The zero-order valence-corrected chi connectivity index (χ0v) is 10.6. The lowest BCUT2D eigenvalue weighted by Crippen LogP contribution is -2.10. The number of nitrogen functional groups attached to an aromatic ring is 1. The Labute approximate surface area is 112 Å². The predicted octanol–water partition coefficient (Wildman–Crippen LogP) is 0.298. The van der Waals surface area contributed by atoms with Crippen LogP contribution in [0.3, 0.4) is 0 Å². The van der Waals surface area contributed by atoms with E-state index in [1.807, 2.05) is 0 Å². The molecule has 3 rings (SSSR count). The second-order valence-corrected chi connectivity index (χ2v) is 3.87. The van der Waals surface area contributed by atoms with Crippen LogP contribution in [0.25, 0.3) is 17.0 Å². The van der Waals surface area contributed by atoms with Gasteiger partial charge >= 0.3 is 5.97 Å². The molecule has 9 nitrogen and oxygen atoms in total. The number of H-pyrrole nitrogens is 1. The minimum atomic E-state index is -0.522. The van der Waals surface area contributed by atoms with Crippen LogP contribution in [0.2, 0.25) is 0 Å². The van der Waals surface area contributed by atoms with Crippen molar-refractivity contribution in [1.29, 1.82) is 0 Å². The second-order valence-electron chi connectivity index (χ2n) is 3.87. The van der Waals surface area contributed by atoms with Crippen molar-refractivity contribution in [3.05, 3.63) is 24.4 Å². The van der Waals surface area contributed by atoms with Gasteiger partial charge in [0.15, 0.2) is 11.5 Å². The number of nitrogens with two attached hydrogens (primary N) is 1. The summed E-state index contributed by atoms with van der Waals surface area (Å²) in [4.78, 5) is 26.8. The van der Waals surface area contributed by atoms with Crippen LogP contribution >= 0.6 is 0 Å². The molecule has 0 bridgehead atoms. The molecular weight excluding hydrogens is 262 g/mol. The van der Waals surface area contributed by atoms with Gasteiger partial charge in [-0.15, -0.1) is 0 Å². The predicted molar refractivity (Wildman–Crippen MR) is 69.2 cm³/mol. The first-order valence-corrected chi connectivity index (χ1v) is 5.87. The number of hydrogen-bond donors (Lipinski definition) is 2. The molecular formula is C11H11N7O2. The molecule has 0 atom stereocenters. The SMILES string of the molecule is CCOC(=O)c1cnn(-c2ncnc3nc[nH]c23)c1N. The number of aromatic amines is 1. The molecule has 0 unspecified atom stereocenters. The molecule has 0 aliphatic carbocycles. The van der Waals surface area contributed by atoms with Crippen LogP contribution < -0.4 is 5.73 Å². The Hall–Kier alpha value is -2.97. The van der Waals surface area contributed by atoms with Gasteiger partial charge in [0.2, 0.25) is 0 Å². The number of hydrogen-bond acceptors (Lipinski definition) is 7. The number of aromatic nitrogens is 6. The lowest BCUT2D eigenvalue weighted by Gasteiger charge is -2.04. The summed E-state index contributed by atoms with van der Waals surface area (Å²) in [5.74, 6) is 0.0461. The standard InChI is InChI=1S/C11H11N7O2/c1-2-20-11(19)6-3-17-18(8(6)12)10-7-9(14-4-13-7)15-5-16-10/h3-5H,2,12H2,1H3,(H,13,14,15,16). The van der Waals surface area contributed by atoms with Crippen LogP contribution in [0.4, 0.5) is 5.82 Å². The third-order valence-corrected chi connectivity index (χ3v) is 2.71. The quantitative estimate of drug-likeness (QED) is 0.657. The third-order valence-electron chi connectivity index (χ3n) is 2.71. The van der Waals surface area contributed by atoms with E-state index in [9.17, 15) is 4.79 Å². The van der Waals surface area contributed by atoms with Crippen molar-refractivity contribution in [1.82, 2.24) is 29.7 Å². The zero-order chi connectivity index (χ0) is 14.1. The average Bonchev–Trinajstić information content (AvgIpc) is 3.05. The molecule has 0 aromatic carbocycles. The van der Waals surface area contributed by atoms with Crippen LogP contribution in [-0.4, -0.2) is 42.3 Å². The van der Waals surface area contributed by atoms with Gasteiger partial charge in [0.25, 0.3) is 0 Å². The summed E-state index contributed by atoms with van der Waals surface area (Å²) >= 11 is 0. The third kappa shape index (κ3) is 1.76. The topological polar surface area (TPSA) is 125 Å². The van der Waals surface area contributed by atoms with Crippen molar-refractivity contribution in [3.8, 4) is 5.82 Å². The summed E-state index contributed by atoms with van der Waals surface area (Å²) < 4.78 is 6.25. The van der Waals surface area contributed by atoms with E-state index in [4.69, 9.17) is 10.5 Å². The maximum Gasteiger partial charge on any atom is 0.343 e. The van der Waals surface area contributed by atoms with Gasteiger partial charge in [0, 0.05) is 0 Å². The lowest BCUT2D eigenvalue weighted by atomic mass is 10.3. The summed E-state index contributed by atoms with van der Waals surface area (Å²) in [7, 11) is 0. The van der Waals surface area contributed by atoms with E-state index < -0.39 is 5.97 Å². The second kappa shape index (κ2) is 4.61. The minimum absolute atomic E-state index is 0.151. The van der Waals surface area contributed by atoms with E-state index in [1.54, 1.807) is 6.92 Å². The zero-order valence-electron chi connectivity index (χ0n) is 10.6. The van der Waals surface area contributed by atoms with Crippen LogP contribution in [0.5, 0.6) is 0 Å². The summed E-state index contributed by atoms with van der Waals surface area (Å²) in [5.41, 5.74) is 7.19. The van der Waals surface area contributed by atoms with Gasteiger partial charge in [-0.05, 0) is 6.92 Å². The molecule has 102 valence electrons. The van der Waals surface area contributed by atoms with E-state index >= 15 is 0 Å². The molecule has 0 amide bonds. The number of ether oxygens (including phenoxy) is 1. The minimum Gasteiger partial charge on any atom is -0.462 e. The van der Waals surface area contributed by atoms with Gasteiger partial charge < -0.3 is 15.5 Å². The molecule has 3 aromatic rings. The number of nitrogens with one attached hydrogen (secondary N) is 1. The van der Waals surface area contributed by atoms with E-state index in [2.05, 4.69) is 25.0 Å². The molecule has 20 heavy (non-hydrogen) atoms. The number of esters is 1. The van der Waals surface area contributed by atoms with Crippen molar-refractivity contribution < 1.29 is 9.53 Å². The molecule has 0 aliphatic rings. The van der Waals surface area contributed by atoms with Crippen LogP contribution in [0, 0.1) is 0 Å². The molecule has 3 aromatic heterocycles. The maximum atomic E-state index is 11.7. The smallest absolute Gasteiger partial charge is 0.343 e. The Bertz CT molecular complexity index is 776. The number of fused-ring (bicyclic) bond motifs is 1. The Morgan fingerprint density at radius 3 is 3.10 bits per heavy atom. The monoisotopic (exact) mass is 273 g/mol. The highest BCUT2D eigenvalue weighted by Crippen LogP contribution is 2.20. The first-order valence-electron chi connectivity index (χ1n) is 5.87. The highest BCUT2D eigenvalue weighted by molar-refractivity contribution is 5.94. The van der Waals surface area contributed by atoms with E-state index in [1.165, 1.54) is 23.5 Å². The first-order chi connectivity index (χ1) is 9.72. The fraction of sp³-hybridized carbons (Fsp3) is 0.182. The fourth-order valence-electron chi connectivity index (χ4n) is 1.81. The Kier molecular flexibility index (Phi) is 2.78. The molecule has 0 spiro atoms. The normalized spacial score (nSPS) is 10.8. The van der Waals surface area contributed by atoms with Crippen molar-refractivity contribution in [2.24, 2.45) is 0 Å². The summed E-state index contributed by atoms with van der Waals surface area (Å²) in [6.07, 6.45) is 4.19. The number of nitrogens with zero attached hydrogens (tertiary/aromatic N) is 5. The van der Waals surface area contributed by atoms with Gasteiger partial charge in [-0.3, -0.25) is 0 Å². The Morgan fingerprint density at radius 2 is 2.30 bits per heavy atom. The number of rotatable bonds is 3. The van der Waals surface area contributed by atoms with Gasteiger partial charge in [0.1, 0.15) is 23.2 Å². The average molecular weight is 273 g/mol. The Morgan fingerprint density at radius 1 is 1.45 bits per heavy atom. The van der Waals surface area contributed by atoms with Crippen molar-refractivity contribution in [2.75, 3.05) is 12.3 Å². The number of imidazole rings is 1. The van der Waals surface area contributed by atoms with E-state index in [-0.39, 0.29) is 18.0 Å². The lowest BCUT2D eigenvalue weighted by molar-refractivity contribution is 0.0527. The highest BCUT2D eigenvalue weighted by atomic mass is 16.5. The molecule has 3 heterocycles. The number of carbonyl (C=O) groups is 1. The van der Waals surface area contributed by atoms with E-state index in [0.29, 0.717) is 17.0 Å². The van der Waals surface area contributed by atoms with Gasteiger partial charge in [-0.25, -0.2) is 19.7 Å². The van der Waals surface area contributed by atoms with Crippen LogP contribution in [0.15, 0.2) is 18.9 Å². The summed E-state index contributed by atoms with van der Waals surface area (Å²) in [6.45, 7) is 1.98. The molecule has 3 N–H and O–H groups in total. The van der Waals surface area contributed by atoms with Crippen molar-refractivity contribution >= 4 is 23.0 Å². The molecule has 9 heteroatoms. The van der Waals surface area contributed by atoms with Gasteiger partial charge in [-0.1, -0.05) is 0 Å². The van der Waals surface area contributed by atoms with Crippen LogP contribution in [0.1, 0.15) is 17.3 Å². The largest absolute Gasteiger partial charge is 0.462 e. The molecule has 0 aliphatic heterocycles. The first kappa shape index (κ1) is 12.1. The molecule has 0 saturated heterocycles. The Balaban J connectivity index is 2.12. The molecule has 0 fully saturated rings. The fourth-order valence-corrected chi connectivity index (χ4v) is 1.81. The summed E-state index contributed by atoms with van der Waals surface area (Å²) in [6, 6.07) is 0. The summed E-state index contributed by atoms with van der Waals surface area (Å²) in [5, 5.41) is 4.07. The van der Waals surface area contributed by atoms with E-state index in [0.717, 1.165) is 0 Å². The number of anilines is 1.